The lowest BCUT2D eigenvalue weighted by molar-refractivity contribution is -0.137. The number of benzene rings is 2. The monoisotopic (exact) mass is 387 g/mol. The van der Waals surface area contributed by atoms with Crippen LogP contribution < -0.4 is 5.32 Å². The number of nitrogens with zero attached hydrogens (tertiary/aromatic N) is 2. The number of hydrogen-bond donors (Lipinski definition) is 1. The summed E-state index contributed by atoms with van der Waals surface area (Å²) in [5.41, 5.74) is 0.499. The molecule has 1 N–H and O–H groups in total. The average molecular weight is 387 g/mol. The fraction of sp³-hybridized carbons (Fsp3) is 0.105. The van der Waals surface area contributed by atoms with Crippen LogP contribution in [-0.2, 0) is 12.6 Å². The Morgan fingerprint density at radius 2 is 1.96 bits per heavy atom. The van der Waals surface area contributed by atoms with Gasteiger partial charge in [-0.2, -0.15) is 18.4 Å². The maximum absolute atomic E-state index is 12.8. The number of carbonyl (C=O) groups is 1. The first kappa shape index (κ1) is 18.6. The molecule has 0 unspecified atom stereocenters. The number of rotatable bonds is 4. The van der Waals surface area contributed by atoms with Crippen molar-refractivity contribution in [1.29, 1.82) is 5.26 Å². The van der Waals surface area contributed by atoms with Crippen molar-refractivity contribution in [2.24, 2.45) is 0 Å². The van der Waals surface area contributed by atoms with E-state index in [0.717, 1.165) is 17.0 Å². The minimum Gasteiger partial charge on any atom is -0.298 e. The zero-order chi connectivity index (χ0) is 19.4. The van der Waals surface area contributed by atoms with Crippen molar-refractivity contribution in [3.8, 4) is 6.07 Å². The molecule has 2 aromatic carbocycles. The van der Waals surface area contributed by atoms with Crippen molar-refractivity contribution < 1.29 is 18.0 Å². The van der Waals surface area contributed by atoms with E-state index in [9.17, 15) is 18.0 Å². The highest BCUT2D eigenvalue weighted by Gasteiger charge is 2.30. The van der Waals surface area contributed by atoms with E-state index >= 15 is 0 Å². The molecule has 0 bridgehead atoms. The van der Waals surface area contributed by atoms with Gasteiger partial charge in [-0.05, 0) is 29.8 Å². The van der Waals surface area contributed by atoms with Crippen LogP contribution in [0.3, 0.4) is 0 Å². The van der Waals surface area contributed by atoms with Gasteiger partial charge >= 0.3 is 6.18 Å². The summed E-state index contributed by atoms with van der Waals surface area (Å²) in [5.74, 6) is -0.410. The summed E-state index contributed by atoms with van der Waals surface area (Å²) in [6, 6.07) is 13.3. The summed E-state index contributed by atoms with van der Waals surface area (Å²) in [7, 11) is 0. The van der Waals surface area contributed by atoms with Crippen LogP contribution in [-0.4, -0.2) is 10.9 Å². The van der Waals surface area contributed by atoms with Crippen LogP contribution in [0, 0.1) is 11.3 Å². The Labute approximate surface area is 156 Å². The summed E-state index contributed by atoms with van der Waals surface area (Å²) < 4.78 is 38.4. The average Bonchev–Trinajstić information content (AvgIpc) is 3.08. The van der Waals surface area contributed by atoms with E-state index < -0.39 is 17.6 Å². The second-order valence-corrected chi connectivity index (χ2v) is 6.77. The number of halogens is 3. The van der Waals surface area contributed by atoms with Gasteiger partial charge in [-0.3, -0.25) is 10.1 Å². The number of anilines is 1. The highest BCUT2D eigenvalue weighted by Crippen LogP contribution is 2.30. The first-order valence-electron chi connectivity index (χ1n) is 7.77. The van der Waals surface area contributed by atoms with Crippen LogP contribution in [0.5, 0.6) is 0 Å². The zero-order valence-corrected chi connectivity index (χ0v) is 14.6. The van der Waals surface area contributed by atoms with Gasteiger partial charge in [0, 0.05) is 23.1 Å². The van der Waals surface area contributed by atoms with E-state index in [0.29, 0.717) is 21.8 Å². The number of nitrogens with one attached hydrogen (secondary N) is 1. The summed E-state index contributed by atoms with van der Waals surface area (Å²) in [6.45, 7) is 0. The summed E-state index contributed by atoms with van der Waals surface area (Å²) in [6.07, 6.45) is -2.59. The molecule has 0 aliphatic heterocycles. The standard InChI is InChI=1S/C19H12F3N3OS/c20-19(21,22)15-6-2-3-12(8-15)9-16-11-24-18(27-16)25-17(26)14-5-1-4-13(7-14)10-23/h1-8,11H,9H2,(H,24,25,26). The van der Waals surface area contributed by atoms with Gasteiger partial charge in [0.15, 0.2) is 5.13 Å². The van der Waals surface area contributed by atoms with Crippen LogP contribution in [0.1, 0.15) is 31.9 Å². The van der Waals surface area contributed by atoms with Crippen molar-refractivity contribution in [3.05, 3.63) is 81.9 Å². The van der Waals surface area contributed by atoms with E-state index in [1.807, 2.05) is 6.07 Å². The van der Waals surface area contributed by atoms with E-state index in [1.165, 1.54) is 29.7 Å². The molecule has 27 heavy (non-hydrogen) atoms. The Morgan fingerprint density at radius 3 is 2.70 bits per heavy atom. The van der Waals surface area contributed by atoms with Crippen molar-refractivity contribution in [2.75, 3.05) is 5.32 Å². The highest BCUT2D eigenvalue weighted by atomic mass is 32.1. The fourth-order valence-electron chi connectivity index (χ4n) is 2.41. The molecular formula is C19H12F3N3OS. The lowest BCUT2D eigenvalue weighted by Crippen LogP contribution is -2.11. The molecule has 0 aliphatic rings. The Kier molecular flexibility index (Phi) is 5.23. The zero-order valence-electron chi connectivity index (χ0n) is 13.7. The molecule has 0 saturated carbocycles. The Hall–Kier alpha value is -3.18. The molecule has 8 heteroatoms. The SMILES string of the molecule is N#Cc1cccc(C(=O)Nc2ncc(Cc3cccc(C(F)(F)F)c3)s2)c1. The van der Waals surface area contributed by atoms with Gasteiger partial charge in [0.1, 0.15) is 0 Å². The van der Waals surface area contributed by atoms with Gasteiger partial charge in [0.2, 0.25) is 0 Å². The van der Waals surface area contributed by atoms with E-state index in [-0.39, 0.29) is 6.42 Å². The third kappa shape index (κ3) is 4.71. The largest absolute Gasteiger partial charge is 0.416 e. The number of nitriles is 1. The van der Waals surface area contributed by atoms with E-state index in [1.54, 1.807) is 24.3 Å². The Bertz CT molecular complexity index is 1020. The molecule has 1 aromatic heterocycles. The molecule has 0 atom stereocenters. The van der Waals surface area contributed by atoms with Gasteiger partial charge in [0.25, 0.3) is 5.91 Å². The number of thiazole rings is 1. The number of carbonyl (C=O) groups excluding carboxylic acids is 1. The molecule has 3 rings (SSSR count). The van der Waals surface area contributed by atoms with Crippen LogP contribution in [0.4, 0.5) is 18.3 Å². The van der Waals surface area contributed by atoms with Gasteiger partial charge < -0.3 is 0 Å². The Morgan fingerprint density at radius 1 is 1.19 bits per heavy atom. The van der Waals surface area contributed by atoms with Gasteiger partial charge in [-0.15, -0.1) is 11.3 Å². The quantitative estimate of drug-likeness (QED) is 0.694. The van der Waals surface area contributed by atoms with Crippen LogP contribution >= 0.6 is 11.3 Å². The molecule has 136 valence electrons. The maximum atomic E-state index is 12.8. The molecule has 0 fully saturated rings. The lowest BCUT2D eigenvalue weighted by Gasteiger charge is -2.07. The van der Waals surface area contributed by atoms with Gasteiger partial charge in [-0.1, -0.05) is 24.3 Å². The second kappa shape index (κ2) is 7.60. The molecule has 1 heterocycles. The number of aromatic nitrogens is 1. The lowest BCUT2D eigenvalue weighted by atomic mass is 10.1. The van der Waals surface area contributed by atoms with E-state index in [2.05, 4.69) is 10.3 Å². The number of amides is 1. The summed E-state index contributed by atoms with van der Waals surface area (Å²) in [5, 5.41) is 11.9. The summed E-state index contributed by atoms with van der Waals surface area (Å²) in [4.78, 5) is 17.0. The molecule has 1 amide bonds. The molecule has 0 saturated heterocycles. The van der Waals surface area contributed by atoms with Gasteiger partial charge in [0.05, 0.1) is 17.2 Å². The second-order valence-electron chi connectivity index (χ2n) is 5.65. The molecule has 0 aliphatic carbocycles. The number of alkyl halides is 3. The smallest absolute Gasteiger partial charge is 0.298 e. The molecule has 0 radical (unpaired) electrons. The van der Waals surface area contributed by atoms with E-state index in [4.69, 9.17) is 5.26 Å². The van der Waals surface area contributed by atoms with Crippen molar-refractivity contribution in [1.82, 2.24) is 4.98 Å². The Balaban J connectivity index is 1.70. The maximum Gasteiger partial charge on any atom is 0.416 e. The van der Waals surface area contributed by atoms with Crippen LogP contribution in [0.2, 0.25) is 0 Å². The minimum atomic E-state index is -4.39. The normalized spacial score (nSPS) is 11.0. The van der Waals surface area contributed by atoms with Crippen molar-refractivity contribution in [3.63, 3.8) is 0 Å². The number of hydrogen-bond acceptors (Lipinski definition) is 4. The third-order valence-electron chi connectivity index (χ3n) is 3.66. The third-order valence-corrected chi connectivity index (χ3v) is 4.57. The van der Waals surface area contributed by atoms with Crippen molar-refractivity contribution >= 4 is 22.4 Å². The fourth-order valence-corrected chi connectivity index (χ4v) is 3.25. The van der Waals surface area contributed by atoms with Crippen molar-refractivity contribution in [2.45, 2.75) is 12.6 Å². The summed E-state index contributed by atoms with van der Waals surface area (Å²) >= 11 is 1.18. The topological polar surface area (TPSA) is 65.8 Å². The molecular weight excluding hydrogens is 375 g/mol. The first-order valence-corrected chi connectivity index (χ1v) is 8.59. The van der Waals surface area contributed by atoms with Crippen LogP contribution in [0.15, 0.2) is 54.7 Å². The molecule has 0 spiro atoms. The predicted octanol–water partition coefficient (Wildman–Crippen LogP) is 4.88. The molecule has 3 aromatic rings. The van der Waals surface area contributed by atoms with Crippen LogP contribution in [0.25, 0.3) is 0 Å². The minimum absolute atomic E-state index is 0.279. The molecule has 4 nitrogen and oxygen atoms in total. The predicted molar refractivity (Wildman–Crippen MR) is 95.5 cm³/mol. The first-order chi connectivity index (χ1) is 12.8. The highest BCUT2D eigenvalue weighted by molar-refractivity contribution is 7.15. The van der Waals surface area contributed by atoms with Gasteiger partial charge in [-0.25, -0.2) is 4.98 Å².